The number of piperidine rings is 1. The van der Waals surface area contributed by atoms with E-state index >= 15 is 0 Å². The number of aliphatic imine (C=N–C) groups is 1. The van der Waals surface area contributed by atoms with Gasteiger partial charge in [-0.05, 0) is 58.7 Å². The van der Waals surface area contributed by atoms with Gasteiger partial charge in [-0.25, -0.2) is 0 Å². The van der Waals surface area contributed by atoms with Gasteiger partial charge in [-0.2, -0.15) is 0 Å². The van der Waals surface area contributed by atoms with Crippen LogP contribution in [0.25, 0.3) is 0 Å². The van der Waals surface area contributed by atoms with E-state index in [1.807, 2.05) is 6.07 Å². The summed E-state index contributed by atoms with van der Waals surface area (Å²) in [6.07, 6.45) is 3.33. The minimum Gasteiger partial charge on any atom is -0.487 e. The van der Waals surface area contributed by atoms with Crippen LogP contribution in [0.4, 0.5) is 0 Å². The number of likely N-dealkylation sites (tertiary alicyclic amines) is 1. The fraction of sp³-hybridized carbons (Fsp3) is 0.696. The number of ether oxygens (including phenoxy) is 2. The maximum atomic E-state index is 6.17. The second-order valence-corrected chi connectivity index (χ2v) is 8.80. The molecule has 3 rings (SSSR count). The molecule has 0 saturated carbocycles. The van der Waals surface area contributed by atoms with Crippen molar-refractivity contribution in [1.82, 2.24) is 15.5 Å². The number of methoxy groups -OCH3 is 1. The third kappa shape index (κ3) is 7.27. The molecule has 7 heteroatoms. The molecule has 170 valence electrons. The van der Waals surface area contributed by atoms with E-state index in [0.29, 0.717) is 5.92 Å². The Bertz CT molecular complexity index is 675. The van der Waals surface area contributed by atoms with Gasteiger partial charge in [-0.3, -0.25) is 4.99 Å². The van der Waals surface area contributed by atoms with E-state index in [2.05, 4.69) is 54.5 Å². The van der Waals surface area contributed by atoms with Gasteiger partial charge < -0.3 is 25.0 Å². The summed E-state index contributed by atoms with van der Waals surface area (Å²) in [6, 6.07) is 8.53. The Morgan fingerprint density at radius 3 is 2.70 bits per heavy atom. The van der Waals surface area contributed by atoms with E-state index in [4.69, 9.17) is 14.5 Å². The maximum absolute atomic E-state index is 6.17. The molecule has 1 aromatic rings. The SMILES string of the molecule is CCNC(=NCC1CCN(CCOC)CC1)NC1CC(C)(C)Oc2ccccc21.I. The summed E-state index contributed by atoms with van der Waals surface area (Å²) in [5, 5.41) is 7.11. The fourth-order valence-electron chi connectivity index (χ4n) is 4.25. The van der Waals surface area contributed by atoms with Crippen LogP contribution in [0.2, 0.25) is 0 Å². The van der Waals surface area contributed by atoms with E-state index in [9.17, 15) is 0 Å². The predicted molar refractivity (Wildman–Crippen MR) is 134 cm³/mol. The standard InChI is InChI=1S/C23H38N4O2.HI/c1-5-24-22(25-17-18-10-12-27(13-11-18)14-15-28-4)26-20-16-23(2,3)29-21-9-7-6-8-19(20)21;/h6-9,18,20H,5,10-17H2,1-4H3,(H2,24,25,26);1H. The first-order valence-corrected chi connectivity index (χ1v) is 11.0. The Labute approximate surface area is 199 Å². The van der Waals surface area contributed by atoms with Gasteiger partial charge in [0.05, 0.1) is 12.6 Å². The van der Waals surface area contributed by atoms with E-state index in [1.54, 1.807) is 7.11 Å². The van der Waals surface area contributed by atoms with E-state index in [0.717, 1.165) is 57.5 Å². The molecule has 2 aliphatic heterocycles. The average molecular weight is 530 g/mol. The molecule has 1 saturated heterocycles. The van der Waals surface area contributed by atoms with Crippen molar-refractivity contribution in [3.05, 3.63) is 29.8 Å². The van der Waals surface area contributed by atoms with Crippen molar-refractivity contribution in [2.75, 3.05) is 46.4 Å². The minimum absolute atomic E-state index is 0. The van der Waals surface area contributed by atoms with Crippen molar-refractivity contribution in [1.29, 1.82) is 0 Å². The Kier molecular flexibility index (Phi) is 10.2. The van der Waals surface area contributed by atoms with Gasteiger partial charge in [0.25, 0.3) is 0 Å². The highest BCUT2D eigenvalue weighted by Crippen LogP contribution is 2.39. The number of para-hydroxylation sites is 1. The van der Waals surface area contributed by atoms with Crippen molar-refractivity contribution in [2.24, 2.45) is 10.9 Å². The lowest BCUT2D eigenvalue weighted by Gasteiger charge is -2.38. The second kappa shape index (κ2) is 12.1. The van der Waals surface area contributed by atoms with Gasteiger partial charge in [0.1, 0.15) is 11.4 Å². The van der Waals surface area contributed by atoms with Gasteiger partial charge in [-0.1, -0.05) is 18.2 Å². The molecule has 1 unspecified atom stereocenters. The molecule has 1 aromatic carbocycles. The lowest BCUT2D eigenvalue weighted by molar-refractivity contribution is 0.0694. The van der Waals surface area contributed by atoms with Gasteiger partial charge >= 0.3 is 0 Å². The summed E-state index contributed by atoms with van der Waals surface area (Å²) in [5.41, 5.74) is 1.02. The van der Waals surface area contributed by atoms with Crippen LogP contribution >= 0.6 is 24.0 Å². The van der Waals surface area contributed by atoms with Crippen molar-refractivity contribution in [3.8, 4) is 5.75 Å². The first-order valence-electron chi connectivity index (χ1n) is 11.0. The molecule has 2 N–H and O–H groups in total. The Balaban J connectivity index is 0.00000320. The lowest BCUT2D eigenvalue weighted by atomic mass is 9.90. The first kappa shape index (κ1) is 25.2. The Morgan fingerprint density at radius 1 is 1.27 bits per heavy atom. The molecule has 1 fully saturated rings. The molecule has 30 heavy (non-hydrogen) atoms. The molecule has 6 nitrogen and oxygen atoms in total. The number of guanidine groups is 1. The zero-order valence-corrected chi connectivity index (χ0v) is 21.3. The van der Waals surface area contributed by atoms with Crippen LogP contribution in [0.5, 0.6) is 5.75 Å². The molecule has 0 aromatic heterocycles. The molecule has 0 bridgehead atoms. The second-order valence-electron chi connectivity index (χ2n) is 8.80. The predicted octanol–water partition coefficient (Wildman–Crippen LogP) is 3.82. The summed E-state index contributed by atoms with van der Waals surface area (Å²) in [6.45, 7) is 12.3. The smallest absolute Gasteiger partial charge is 0.191 e. The highest BCUT2D eigenvalue weighted by Gasteiger charge is 2.34. The summed E-state index contributed by atoms with van der Waals surface area (Å²) in [7, 11) is 1.77. The Hall–Kier alpha value is -1.06. The number of nitrogens with zero attached hydrogens (tertiary/aromatic N) is 2. The molecule has 2 heterocycles. The van der Waals surface area contributed by atoms with Crippen LogP contribution in [0, 0.1) is 5.92 Å². The topological polar surface area (TPSA) is 58.1 Å². The van der Waals surface area contributed by atoms with Gasteiger partial charge in [-0.15, -0.1) is 24.0 Å². The van der Waals surface area contributed by atoms with Crippen LogP contribution < -0.4 is 15.4 Å². The third-order valence-corrected chi connectivity index (χ3v) is 5.86. The molecule has 0 radical (unpaired) electrons. The largest absolute Gasteiger partial charge is 0.487 e. The number of hydrogen-bond donors (Lipinski definition) is 2. The van der Waals surface area contributed by atoms with Crippen LogP contribution in [0.15, 0.2) is 29.3 Å². The third-order valence-electron chi connectivity index (χ3n) is 5.86. The van der Waals surface area contributed by atoms with E-state index in [1.165, 1.54) is 18.4 Å². The number of fused-ring (bicyclic) bond motifs is 1. The minimum atomic E-state index is -0.196. The molecule has 0 aliphatic carbocycles. The molecule has 0 amide bonds. The van der Waals surface area contributed by atoms with Crippen LogP contribution in [-0.4, -0.2) is 62.9 Å². The van der Waals surface area contributed by atoms with Crippen molar-refractivity contribution in [2.45, 2.75) is 51.7 Å². The number of hydrogen-bond acceptors (Lipinski definition) is 4. The summed E-state index contributed by atoms with van der Waals surface area (Å²) < 4.78 is 11.4. The number of rotatable bonds is 7. The molecule has 2 aliphatic rings. The zero-order valence-electron chi connectivity index (χ0n) is 18.9. The van der Waals surface area contributed by atoms with Crippen LogP contribution in [0.1, 0.15) is 51.6 Å². The number of nitrogens with one attached hydrogen (secondary N) is 2. The zero-order chi connectivity index (χ0) is 20.7. The summed E-state index contributed by atoms with van der Waals surface area (Å²) >= 11 is 0. The highest BCUT2D eigenvalue weighted by atomic mass is 127. The maximum Gasteiger partial charge on any atom is 0.191 e. The van der Waals surface area contributed by atoms with Crippen molar-refractivity contribution >= 4 is 29.9 Å². The van der Waals surface area contributed by atoms with Crippen LogP contribution in [0.3, 0.4) is 0 Å². The molecule has 1 atom stereocenters. The molecular formula is C23H39IN4O2. The highest BCUT2D eigenvalue weighted by molar-refractivity contribution is 14.0. The Morgan fingerprint density at radius 2 is 2.00 bits per heavy atom. The van der Waals surface area contributed by atoms with Crippen LogP contribution in [-0.2, 0) is 4.74 Å². The summed E-state index contributed by atoms with van der Waals surface area (Å²) in [5.74, 6) is 2.54. The number of benzene rings is 1. The fourth-order valence-corrected chi connectivity index (χ4v) is 4.25. The van der Waals surface area contributed by atoms with Crippen molar-refractivity contribution in [3.63, 3.8) is 0 Å². The summed E-state index contributed by atoms with van der Waals surface area (Å²) in [4.78, 5) is 7.44. The first-order chi connectivity index (χ1) is 14.0. The number of halogens is 1. The van der Waals surface area contributed by atoms with E-state index in [-0.39, 0.29) is 35.6 Å². The molecular weight excluding hydrogens is 491 g/mol. The monoisotopic (exact) mass is 530 g/mol. The lowest BCUT2D eigenvalue weighted by Crippen LogP contribution is -2.45. The van der Waals surface area contributed by atoms with Gasteiger partial charge in [0, 0.05) is 38.7 Å². The quantitative estimate of drug-likeness (QED) is 0.319. The molecule has 0 spiro atoms. The van der Waals surface area contributed by atoms with E-state index < -0.39 is 0 Å². The normalized spacial score (nSPS) is 21.9. The van der Waals surface area contributed by atoms with Gasteiger partial charge in [0.2, 0.25) is 0 Å². The van der Waals surface area contributed by atoms with Gasteiger partial charge in [0.15, 0.2) is 5.96 Å². The average Bonchev–Trinajstić information content (AvgIpc) is 2.70. The van der Waals surface area contributed by atoms with Crippen molar-refractivity contribution < 1.29 is 9.47 Å².